The largest absolute Gasteiger partial charge is 0.504 e. The SMILES string of the molecule is CCN1CCC[C@H]1CNC(=O)c1cc(Cl)cc(O)c1OC. The Balaban J connectivity index is 2.07. The molecule has 0 saturated carbocycles. The molecular formula is C15H21ClN2O3. The van der Waals surface area contributed by atoms with Crippen LogP contribution in [-0.2, 0) is 0 Å². The quantitative estimate of drug-likeness (QED) is 0.875. The molecule has 1 aromatic carbocycles. The van der Waals surface area contributed by atoms with E-state index >= 15 is 0 Å². The fraction of sp³-hybridized carbons (Fsp3) is 0.533. The molecule has 1 aromatic rings. The van der Waals surface area contributed by atoms with Crippen LogP contribution in [-0.4, -0.2) is 48.7 Å². The van der Waals surface area contributed by atoms with E-state index in [2.05, 4.69) is 17.1 Å². The second-order valence-corrected chi connectivity index (χ2v) is 5.58. The van der Waals surface area contributed by atoms with Crippen molar-refractivity contribution in [1.82, 2.24) is 10.2 Å². The van der Waals surface area contributed by atoms with Gasteiger partial charge in [0.1, 0.15) is 0 Å². The summed E-state index contributed by atoms with van der Waals surface area (Å²) in [4.78, 5) is 14.7. The predicted octanol–water partition coefficient (Wildman–Crippen LogP) is 2.27. The molecule has 6 heteroatoms. The van der Waals surface area contributed by atoms with Crippen molar-refractivity contribution >= 4 is 17.5 Å². The van der Waals surface area contributed by atoms with Crippen molar-refractivity contribution in [2.45, 2.75) is 25.8 Å². The van der Waals surface area contributed by atoms with E-state index in [1.165, 1.54) is 19.2 Å². The first-order valence-corrected chi connectivity index (χ1v) is 7.53. The predicted molar refractivity (Wildman–Crippen MR) is 82.3 cm³/mol. The highest BCUT2D eigenvalue weighted by Gasteiger charge is 2.24. The highest BCUT2D eigenvalue weighted by molar-refractivity contribution is 6.31. The maximum absolute atomic E-state index is 12.3. The van der Waals surface area contributed by atoms with E-state index in [4.69, 9.17) is 16.3 Å². The number of hydrogen-bond donors (Lipinski definition) is 2. The van der Waals surface area contributed by atoms with Gasteiger partial charge in [0.15, 0.2) is 11.5 Å². The summed E-state index contributed by atoms with van der Waals surface area (Å²) >= 11 is 5.89. The molecule has 1 atom stereocenters. The third-order valence-corrected chi connectivity index (χ3v) is 4.10. The van der Waals surface area contributed by atoms with E-state index in [0.29, 0.717) is 17.6 Å². The van der Waals surface area contributed by atoms with Crippen molar-refractivity contribution in [3.8, 4) is 11.5 Å². The minimum Gasteiger partial charge on any atom is -0.504 e. The maximum Gasteiger partial charge on any atom is 0.255 e. The highest BCUT2D eigenvalue weighted by Crippen LogP contribution is 2.33. The first kappa shape index (κ1) is 15.9. The molecule has 0 unspecified atom stereocenters. The fourth-order valence-corrected chi connectivity index (χ4v) is 3.02. The maximum atomic E-state index is 12.3. The number of benzene rings is 1. The van der Waals surface area contributed by atoms with Gasteiger partial charge in [0, 0.05) is 23.7 Å². The molecular weight excluding hydrogens is 292 g/mol. The van der Waals surface area contributed by atoms with Gasteiger partial charge in [-0.2, -0.15) is 0 Å². The van der Waals surface area contributed by atoms with Gasteiger partial charge in [-0.1, -0.05) is 18.5 Å². The number of methoxy groups -OCH3 is 1. The van der Waals surface area contributed by atoms with E-state index in [9.17, 15) is 9.90 Å². The summed E-state index contributed by atoms with van der Waals surface area (Å²) in [6.45, 7) is 4.78. The second kappa shape index (κ2) is 7.00. The molecule has 1 fully saturated rings. The molecule has 2 rings (SSSR count). The van der Waals surface area contributed by atoms with Gasteiger partial charge in [-0.25, -0.2) is 0 Å². The summed E-state index contributed by atoms with van der Waals surface area (Å²) in [7, 11) is 1.41. The van der Waals surface area contributed by atoms with Gasteiger partial charge in [-0.05, 0) is 32.0 Å². The van der Waals surface area contributed by atoms with Crippen LogP contribution in [0.4, 0.5) is 0 Å². The molecule has 2 N–H and O–H groups in total. The number of phenolic OH excluding ortho intramolecular Hbond substituents is 1. The number of carbonyl (C=O) groups is 1. The van der Waals surface area contributed by atoms with Crippen molar-refractivity contribution in [3.05, 3.63) is 22.7 Å². The summed E-state index contributed by atoms with van der Waals surface area (Å²) in [5, 5.41) is 13.0. The van der Waals surface area contributed by atoms with Crippen LogP contribution in [0, 0.1) is 0 Å². The van der Waals surface area contributed by atoms with Gasteiger partial charge in [0.05, 0.1) is 12.7 Å². The Kier molecular flexibility index (Phi) is 5.31. The van der Waals surface area contributed by atoms with E-state index in [1.54, 1.807) is 0 Å². The van der Waals surface area contributed by atoms with Crippen LogP contribution >= 0.6 is 11.6 Å². The molecule has 1 aliphatic heterocycles. The topological polar surface area (TPSA) is 61.8 Å². The van der Waals surface area contributed by atoms with Crippen LogP contribution < -0.4 is 10.1 Å². The van der Waals surface area contributed by atoms with Gasteiger partial charge in [0.2, 0.25) is 0 Å². The molecule has 5 nitrogen and oxygen atoms in total. The summed E-state index contributed by atoms with van der Waals surface area (Å²) in [5.74, 6) is -0.269. The lowest BCUT2D eigenvalue weighted by atomic mass is 10.1. The lowest BCUT2D eigenvalue weighted by molar-refractivity contribution is 0.0937. The number of likely N-dealkylation sites (tertiary alicyclic amines) is 1. The number of nitrogens with zero attached hydrogens (tertiary/aromatic N) is 1. The van der Waals surface area contributed by atoms with Crippen molar-refractivity contribution in [2.24, 2.45) is 0 Å². The first-order valence-electron chi connectivity index (χ1n) is 7.15. The Bertz CT molecular complexity index is 522. The average Bonchev–Trinajstić information content (AvgIpc) is 2.91. The Morgan fingerprint density at radius 1 is 1.57 bits per heavy atom. The summed E-state index contributed by atoms with van der Waals surface area (Å²) in [5.41, 5.74) is 0.253. The van der Waals surface area contributed by atoms with Crippen molar-refractivity contribution in [1.29, 1.82) is 0 Å². The number of carbonyl (C=O) groups excluding carboxylic acids is 1. The van der Waals surface area contributed by atoms with Crippen LogP contribution in [0.1, 0.15) is 30.1 Å². The number of phenols is 1. The number of nitrogens with one attached hydrogen (secondary N) is 1. The van der Waals surface area contributed by atoms with E-state index < -0.39 is 0 Å². The average molecular weight is 313 g/mol. The number of rotatable bonds is 5. The van der Waals surface area contributed by atoms with E-state index in [0.717, 1.165) is 25.9 Å². The lowest BCUT2D eigenvalue weighted by Crippen LogP contribution is -2.40. The monoisotopic (exact) mass is 312 g/mol. The van der Waals surface area contributed by atoms with Gasteiger partial charge in [-0.15, -0.1) is 0 Å². The molecule has 0 radical (unpaired) electrons. The smallest absolute Gasteiger partial charge is 0.255 e. The molecule has 1 aliphatic rings. The van der Waals surface area contributed by atoms with E-state index in [-0.39, 0.29) is 23.0 Å². The van der Waals surface area contributed by atoms with Gasteiger partial charge in [0.25, 0.3) is 5.91 Å². The van der Waals surface area contributed by atoms with Gasteiger partial charge in [-0.3, -0.25) is 9.69 Å². The molecule has 1 heterocycles. The minimum atomic E-state index is -0.285. The number of amides is 1. The molecule has 1 saturated heterocycles. The Hall–Kier alpha value is -1.46. The minimum absolute atomic E-state index is 0.133. The summed E-state index contributed by atoms with van der Waals surface area (Å²) < 4.78 is 5.09. The molecule has 0 aliphatic carbocycles. The summed E-state index contributed by atoms with van der Waals surface area (Å²) in [6.07, 6.45) is 2.25. The zero-order chi connectivity index (χ0) is 15.4. The number of hydrogen-bond acceptors (Lipinski definition) is 4. The first-order chi connectivity index (χ1) is 10.1. The Morgan fingerprint density at radius 3 is 3.00 bits per heavy atom. The molecule has 0 bridgehead atoms. The number of aromatic hydroxyl groups is 1. The zero-order valence-electron chi connectivity index (χ0n) is 12.4. The fourth-order valence-electron chi connectivity index (χ4n) is 2.81. The molecule has 21 heavy (non-hydrogen) atoms. The molecule has 0 spiro atoms. The number of likely N-dealkylation sites (N-methyl/N-ethyl adjacent to an activating group) is 1. The Labute approximate surface area is 129 Å². The number of halogens is 1. The second-order valence-electron chi connectivity index (χ2n) is 5.14. The standard InChI is InChI=1S/C15H21ClN2O3/c1-3-18-6-4-5-11(18)9-17-15(20)12-7-10(16)8-13(19)14(12)21-2/h7-8,11,19H,3-6,9H2,1-2H3,(H,17,20)/t11-/m0/s1. The van der Waals surface area contributed by atoms with Crippen molar-refractivity contribution in [2.75, 3.05) is 26.7 Å². The van der Waals surface area contributed by atoms with Crippen LogP contribution in [0.3, 0.4) is 0 Å². The third-order valence-electron chi connectivity index (χ3n) is 3.89. The van der Waals surface area contributed by atoms with Crippen LogP contribution in [0.15, 0.2) is 12.1 Å². The van der Waals surface area contributed by atoms with Crippen LogP contribution in [0.25, 0.3) is 0 Å². The summed E-state index contributed by atoms with van der Waals surface area (Å²) in [6, 6.07) is 3.23. The third kappa shape index (κ3) is 3.60. The Morgan fingerprint density at radius 2 is 2.33 bits per heavy atom. The lowest BCUT2D eigenvalue weighted by Gasteiger charge is -2.23. The molecule has 0 aromatic heterocycles. The van der Waals surface area contributed by atoms with Gasteiger partial charge < -0.3 is 15.2 Å². The van der Waals surface area contributed by atoms with Crippen LogP contribution in [0.2, 0.25) is 5.02 Å². The van der Waals surface area contributed by atoms with Crippen molar-refractivity contribution < 1.29 is 14.6 Å². The normalized spacial score (nSPS) is 18.7. The van der Waals surface area contributed by atoms with Crippen molar-refractivity contribution in [3.63, 3.8) is 0 Å². The van der Waals surface area contributed by atoms with Gasteiger partial charge >= 0.3 is 0 Å². The van der Waals surface area contributed by atoms with E-state index in [1.807, 2.05) is 0 Å². The number of ether oxygens (including phenoxy) is 1. The highest BCUT2D eigenvalue weighted by atomic mass is 35.5. The molecule has 1 amide bonds. The molecule has 116 valence electrons. The van der Waals surface area contributed by atoms with Crippen LogP contribution in [0.5, 0.6) is 11.5 Å². The zero-order valence-corrected chi connectivity index (χ0v) is 13.1.